The first-order chi connectivity index (χ1) is 7.65. The normalized spacial score (nSPS) is 20.3. The van der Waals surface area contributed by atoms with Gasteiger partial charge in [0.15, 0.2) is 0 Å². The molecule has 2 rings (SSSR count). The Balaban J connectivity index is 1.91. The van der Waals surface area contributed by atoms with Gasteiger partial charge in [-0.25, -0.2) is 0 Å². The van der Waals surface area contributed by atoms with E-state index in [4.69, 9.17) is 0 Å². The molecule has 0 radical (unpaired) electrons. The quantitative estimate of drug-likeness (QED) is 0.566. The van der Waals surface area contributed by atoms with E-state index in [0.29, 0.717) is 12.2 Å². The van der Waals surface area contributed by atoms with Gasteiger partial charge in [-0.1, -0.05) is 0 Å². The number of rotatable bonds is 2. The Morgan fingerprint density at radius 1 is 1.69 bits per heavy atom. The zero-order chi connectivity index (χ0) is 11.5. The first-order valence-corrected chi connectivity index (χ1v) is 4.95. The second-order valence-corrected chi connectivity index (χ2v) is 3.63. The molecule has 0 aliphatic carbocycles. The number of amides is 2. The lowest BCUT2D eigenvalue weighted by molar-refractivity contribution is -0.124. The van der Waals surface area contributed by atoms with E-state index in [1.165, 1.54) is 0 Å². The van der Waals surface area contributed by atoms with E-state index in [2.05, 4.69) is 21.0 Å². The Morgan fingerprint density at radius 3 is 3.06 bits per heavy atom. The van der Waals surface area contributed by atoms with Gasteiger partial charge in [0.2, 0.25) is 11.8 Å². The van der Waals surface area contributed by atoms with Gasteiger partial charge in [0.25, 0.3) is 0 Å². The molecule has 1 aliphatic heterocycles. The van der Waals surface area contributed by atoms with Gasteiger partial charge in [0.1, 0.15) is 6.04 Å². The average Bonchev–Trinajstić information content (AvgIpc) is 2.65. The van der Waals surface area contributed by atoms with E-state index in [-0.39, 0.29) is 18.4 Å². The third kappa shape index (κ3) is 2.37. The van der Waals surface area contributed by atoms with Crippen LogP contribution in [-0.2, 0) is 16.6 Å². The molecule has 3 N–H and O–H groups in total. The summed E-state index contributed by atoms with van der Waals surface area (Å²) in [5.74, 6) is -0.265. The van der Waals surface area contributed by atoms with Crippen molar-refractivity contribution in [3.63, 3.8) is 0 Å². The van der Waals surface area contributed by atoms with Crippen molar-refractivity contribution in [2.45, 2.75) is 6.04 Å². The van der Waals surface area contributed by atoms with Crippen LogP contribution in [0.2, 0.25) is 0 Å². The molecule has 2 amide bonds. The van der Waals surface area contributed by atoms with E-state index in [1.807, 2.05) is 0 Å². The van der Waals surface area contributed by atoms with Gasteiger partial charge < -0.3 is 10.6 Å². The highest BCUT2D eigenvalue weighted by molar-refractivity contribution is 5.96. The fourth-order valence-corrected chi connectivity index (χ4v) is 1.47. The minimum atomic E-state index is -0.391. The van der Waals surface area contributed by atoms with Crippen LogP contribution in [0.4, 0.5) is 5.69 Å². The van der Waals surface area contributed by atoms with Gasteiger partial charge in [-0.15, -0.1) is 0 Å². The number of carbonyl (C=O) groups is 2. The maximum atomic E-state index is 11.7. The lowest BCUT2D eigenvalue weighted by atomic mass is 10.2. The number of hydrogen-bond donors (Lipinski definition) is 3. The summed E-state index contributed by atoms with van der Waals surface area (Å²) in [6.07, 6.45) is 3.28. The summed E-state index contributed by atoms with van der Waals surface area (Å²) in [5.41, 5.74) is 0.645. The number of aromatic nitrogens is 2. The first-order valence-electron chi connectivity index (χ1n) is 4.95. The second kappa shape index (κ2) is 4.31. The van der Waals surface area contributed by atoms with Gasteiger partial charge >= 0.3 is 0 Å². The van der Waals surface area contributed by atoms with Gasteiger partial charge in [-0.05, 0) is 0 Å². The molecule has 7 heteroatoms. The first kappa shape index (κ1) is 10.6. The summed E-state index contributed by atoms with van der Waals surface area (Å²) in [4.78, 5) is 22.6. The van der Waals surface area contributed by atoms with Gasteiger partial charge in [-0.2, -0.15) is 5.10 Å². The van der Waals surface area contributed by atoms with Crippen molar-refractivity contribution in [3.8, 4) is 0 Å². The molecule has 0 bridgehead atoms. The Hall–Kier alpha value is -1.89. The Bertz CT molecular complexity index is 404. The van der Waals surface area contributed by atoms with Crippen LogP contribution < -0.4 is 16.0 Å². The molecule has 1 atom stereocenters. The van der Waals surface area contributed by atoms with Gasteiger partial charge in [0.05, 0.1) is 18.4 Å². The molecule has 0 saturated carbocycles. The average molecular weight is 223 g/mol. The van der Waals surface area contributed by atoms with Crippen LogP contribution in [-0.4, -0.2) is 40.7 Å². The number of anilines is 1. The fourth-order valence-electron chi connectivity index (χ4n) is 1.47. The molecule has 1 aromatic rings. The third-order valence-electron chi connectivity index (χ3n) is 2.30. The summed E-state index contributed by atoms with van der Waals surface area (Å²) in [6.45, 7) is 0.482. The van der Waals surface area contributed by atoms with Gasteiger partial charge in [0, 0.05) is 19.8 Å². The maximum Gasteiger partial charge on any atom is 0.243 e. The molecule has 7 nitrogen and oxygen atoms in total. The van der Waals surface area contributed by atoms with E-state index in [1.54, 1.807) is 24.1 Å². The lowest BCUT2D eigenvalue weighted by Crippen LogP contribution is -2.56. The summed E-state index contributed by atoms with van der Waals surface area (Å²) in [7, 11) is 1.77. The fraction of sp³-hybridized carbons (Fsp3) is 0.444. The topological polar surface area (TPSA) is 88.0 Å². The van der Waals surface area contributed by atoms with E-state index in [0.717, 1.165) is 0 Å². The number of carbonyl (C=O) groups excluding carboxylic acids is 2. The molecular weight excluding hydrogens is 210 g/mol. The summed E-state index contributed by atoms with van der Waals surface area (Å²) < 4.78 is 1.60. The lowest BCUT2D eigenvalue weighted by Gasteiger charge is -2.22. The monoisotopic (exact) mass is 223 g/mol. The molecule has 1 fully saturated rings. The van der Waals surface area contributed by atoms with Crippen LogP contribution in [0, 0.1) is 0 Å². The molecular formula is C9H13N5O2. The number of piperazine rings is 1. The van der Waals surface area contributed by atoms with Crippen molar-refractivity contribution in [3.05, 3.63) is 12.4 Å². The second-order valence-electron chi connectivity index (χ2n) is 3.63. The van der Waals surface area contributed by atoms with Crippen molar-refractivity contribution in [1.29, 1.82) is 0 Å². The van der Waals surface area contributed by atoms with E-state index >= 15 is 0 Å². The minimum absolute atomic E-state index is 0.0922. The van der Waals surface area contributed by atoms with E-state index in [9.17, 15) is 9.59 Å². The molecule has 1 aromatic heterocycles. The van der Waals surface area contributed by atoms with Crippen LogP contribution >= 0.6 is 0 Å². The Labute approximate surface area is 92.2 Å². The molecule has 1 saturated heterocycles. The van der Waals surface area contributed by atoms with Crippen LogP contribution in [0.25, 0.3) is 0 Å². The summed E-state index contributed by atoms with van der Waals surface area (Å²) in [6, 6.07) is -0.391. The Kier molecular flexibility index (Phi) is 2.86. The minimum Gasteiger partial charge on any atom is -0.353 e. The highest BCUT2D eigenvalue weighted by atomic mass is 16.2. The smallest absolute Gasteiger partial charge is 0.243 e. The van der Waals surface area contributed by atoms with Crippen LogP contribution in [0.1, 0.15) is 0 Å². The largest absolute Gasteiger partial charge is 0.353 e. The number of aryl methyl sites for hydroxylation is 1. The molecule has 0 spiro atoms. The maximum absolute atomic E-state index is 11.7. The number of hydrogen-bond acceptors (Lipinski definition) is 4. The van der Waals surface area contributed by atoms with Crippen molar-refractivity contribution in [2.75, 3.05) is 18.4 Å². The van der Waals surface area contributed by atoms with E-state index < -0.39 is 6.04 Å². The highest BCUT2D eigenvalue weighted by Crippen LogP contribution is 2.04. The van der Waals surface area contributed by atoms with Gasteiger partial charge in [-0.3, -0.25) is 19.6 Å². The summed E-state index contributed by atoms with van der Waals surface area (Å²) >= 11 is 0. The van der Waals surface area contributed by atoms with Crippen LogP contribution in [0.3, 0.4) is 0 Å². The summed E-state index contributed by atoms with van der Waals surface area (Å²) in [5, 5.41) is 12.1. The SMILES string of the molecule is Cn1cc(NC(=O)C2CNC(=O)CN2)cn1. The molecule has 0 aromatic carbocycles. The van der Waals surface area contributed by atoms with Crippen molar-refractivity contribution in [1.82, 2.24) is 20.4 Å². The van der Waals surface area contributed by atoms with Crippen LogP contribution in [0.5, 0.6) is 0 Å². The molecule has 2 heterocycles. The van der Waals surface area contributed by atoms with Crippen molar-refractivity contribution in [2.24, 2.45) is 7.05 Å². The standard InChI is InChI=1S/C9H13N5O2/c1-14-5-6(2-12-14)13-9(16)7-3-11-8(15)4-10-7/h2,5,7,10H,3-4H2,1H3,(H,11,15)(H,13,16). The zero-order valence-corrected chi connectivity index (χ0v) is 8.86. The molecule has 86 valence electrons. The zero-order valence-electron chi connectivity index (χ0n) is 8.86. The number of nitrogens with one attached hydrogen (secondary N) is 3. The predicted octanol–water partition coefficient (Wildman–Crippen LogP) is -1.55. The molecule has 1 unspecified atom stereocenters. The molecule has 16 heavy (non-hydrogen) atoms. The molecule has 1 aliphatic rings. The predicted molar refractivity (Wildman–Crippen MR) is 56.6 cm³/mol. The third-order valence-corrected chi connectivity index (χ3v) is 2.30. The van der Waals surface area contributed by atoms with Crippen molar-refractivity contribution < 1.29 is 9.59 Å². The number of nitrogens with zero attached hydrogens (tertiary/aromatic N) is 2. The Morgan fingerprint density at radius 2 is 2.50 bits per heavy atom. The van der Waals surface area contributed by atoms with Crippen molar-refractivity contribution >= 4 is 17.5 Å². The van der Waals surface area contributed by atoms with Crippen LogP contribution in [0.15, 0.2) is 12.4 Å². The highest BCUT2D eigenvalue weighted by Gasteiger charge is 2.23.